The van der Waals surface area contributed by atoms with Crippen LogP contribution in [-0.4, -0.2) is 43.5 Å². The molecule has 0 bridgehead atoms. The van der Waals surface area contributed by atoms with Crippen molar-refractivity contribution < 1.29 is 14.3 Å². The first-order valence-electron chi connectivity index (χ1n) is 9.43. The van der Waals surface area contributed by atoms with Crippen molar-refractivity contribution in [3.8, 4) is 0 Å². The second-order valence-corrected chi connectivity index (χ2v) is 7.67. The number of pyridine rings is 1. The van der Waals surface area contributed by atoms with E-state index in [4.69, 9.17) is 9.47 Å². The molecule has 6 nitrogen and oxygen atoms in total. The van der Waals surface area contributed by atoms with Crippen LogP contribution < -0.4 is 10.6 Å². The average Bonchev–Trinajstić information content (AvgIpc) is 3.48. The SMILES string of the molecule is O=C(NCC1CCC2(CCOCC2)CO1)Nc1ccc(C2CC2)cn1. The molecule has 4 rings (SSSR count). The summed E-state index contributed by atoms with van der Waals surface area (Å²) in [7, 11) is 0. The van der Waals surface area contributed by atoms with Crippen LogP contribution in [0.5, 0.6) is 0 Å². The predicted octanol–water partition coefficient (Wildman–Crippen LogP) is 3.06. The molecular formula is C19H27N3O3. The fraction of sp³-hybridized carbons (Fsp3) is 0.684. The zero-order chi connectivity index (χ0) is 17.1. The number of carbonyl (C=O) groups is 1. The normalized spacial score (nSPS) is 25.5. The van der Waals surface area contributed by atoms with Crippen molar-refractivity contribution >= 4 is 11.8 Å². The largest absolute Gasteiger partial charge is 0.381 e. The van der Waals surface area contributed by atoms with Crippen LogP contribution in [0.3, 0.4) is 0 Å². The van der Waals surface area contributed by atoms with E-state index in [0.29, 0.717) is 23.7 Å². The van der Waals surface area contributed by atoms with E-state index in [-0.39, 0.29) is 12.1 Å². The van der Waals surface area contributed by atoms with Crippen molar-refractivity contribution in [3.05, 3.63) is 23.9 Å². The first-order chi connectivity index (χ1) is 12.2. The molecule has 2 N–H and O–H groups in total. The number of hydrogen-bond acceptors (Lipinski definition) is 4. The summed E-state index contributed by atoms with van der Waals surface area (Å²) in [6.45, 7) is 3.02. The highest BCUT2D eigenvalue weighted by Crippen LogP contribution is 2.40. The molecule has 0 radical (unpaired) electrons. The van der Waals surface area contributed by atoms with Crippen LogP contribution in [0.15, 0.2) is 18.3 Å². The van der Waals surface area contributed by atoms with Crippen LogP contribution >= 0.6 is 0 Å². The third-order valence-corrected chi connectivity index (χ3v) is 5.74. The molecule has 0 aromatic carbocycles. The minimum Gasteiger partial charge on any atom is -0.381 e. The molecule has 3 heterocycles. The highest BCUT2D eigenvalue weighted by atomic mass is 16.5. The second kappa shape index (κ2) is 7.30. The molecule has 1 spiro atoms. The van der Waals surface area contributed by atoms with E-state index in [9.17, 15) is 4.79 Å². The van der Waals surface area contributed by atoms with E-state index in [1.807, 2.05) is 12.3 Å². The maximum absolute atomic E-state index is 12.0. The number of ether oxygens (including phenoxy) is 2. The van der Waals surface area contributed by atoms with E-state index in [1.165, 1.54) is 18.4 Å². The van der Waals surface area contributed by atoms with Gasteiger partial charge in [-0.15, -0.1) is 0 Å². The van der Waals surface area contributed by atoms with E-state index in [2.05, 4.69) is 21.7 Å². The second-order valence-electron chi connectivity index (χ2n) is 7.67. The van der Waals surface area contributed by atoms with E-state index >= 15 is 0 Å². The Morgan fingerprint density at radius 1 is 1.20 bits per heavy atom. The Labute approximate surface area is 148 Å². The maximum Gasteiger partial charge on any atom is 0.320 e. The first-order valence-corrected chi connectivity index (χ1v) is 9.43. The number of hydrogen-bond donors (Lipinski definition) is 2. The molecule has 1 aliphatic carbocycles. The molecule has 2 amide bonds. The molecule has 1 atom stereocenters. The molecule has 136 valence electrons. The fourth-order valence-corrected chi connectivity index (χ4v) is 3.78. The number of carbonyl (C=O) groups excluding carboxylic acids is 1. The zero-order valence-corrected chi connectivity index (χ0v) is 14.6. The van der Waals surface area contributed by atoms with Gasteiger partial charge in [-0.2, -0.15) is 0 Å². The van der Waals surface area contributed by atoms with E-state index < -0.39 is 0 Å². The van der Waals surface area contributed by atoms with Gasteiger partial charge in [-0.1, -0.05) is 6.07 Å². The lowest BCUT2D eigenvalue weighted by Crippen LogP contribution is -2.44. The van der Waals surface area contributed by atoms with Gasteiger partial charge >= 0.3 is 6.03 Å². The number of amides is 2. The van der Waals surface area contributed by atoms with Crippen molar-refractivity contribution in [2.75, 3.05) is 31.7 Å². The Morgan fingerprint density at radius 3 is 2.68 bits per heavy atom. The van der Waals surface area contributed by atoms with Gasteiger partial charge in [-0.25, -0.2) is 9.78 Å². The highest BCUT2D eigenvalue weighted by Gasteiger charge is 2.37. The smallest absolute Gasteiger partial charge is 0.320 e. The van der Waals surface area contributed by atoms with Crippen molar-refractivity contribution in [1.29, 1.82) is 0 Å². The minimum absolute atomic E-state index is 0.101. The quantitative estimate of drug-likeness (QED) is 0.880. The maximum atomic E-state index is 12.0. The molecule has 1 saturated carbocycles. The van der Waals surface area contributed by atoms with Crippen LogP contribution in [0, 0.1) is 5.41 Å². The van der Waals surface area contributed by atoms with Gasteiger partial charge in [0.05, 0.1) is 12.7 Å². The molecule has 25 heavy (non-hydrogen) atoms. The highest BCUT2D eigenvalue weighted by molar-refractivity contribution is 5.88. The molecule has 3 fully saturated rings. The molecule has 1 aromatic rings. The summed E-state index contributed by atoms with van der Waals surface area (Å²) in [6, 6.07) is 3.71. The third kappa shape index (κ3) is 4.30. The Hall–Kier alpha value is -1.66. The summed E-state index contributed by atoms with van der Waals surface area (Å²) in [5.41, 5.74) is 1.58. The van der Waals surface area contributed by atoms with Crippen LogP contribution in [0.1, 0.15) is 50.0 Å². The van der Waals surface area contributed by atoms with E-state index in [0.717, 1.165) is 45.5 Å². The lowest BCUT2D eigenvalue weighted by Gasteiger charge is -2.42. The number of anilines is 1. The van der Waals surface area contributed by atoms with Gasteiger partial charge in [0.15, 0.2) is 0 Å². The summed E-state index contributed by atoms with van der Waals surface area (Å²) in [6.07, 6.45) is 8.82. The number of nitrogens with one attached hydrogen (secondary N) is 2. The van der Waals surface area contributed by atoms with Gasteiger partial charge in [0.2, 0.25) is 0 Å². The van der Waals surface area contributed by atoms with E-state index in [1.54, 1.807) is 0 Å². The van der Waals surface area contributed by atoms with Gasteiger partial charge in [0.1, 0.15) is 5.82 Å². The molecule has 3 aliphatic rings. The number of rotatable bonds is 4. The molecule has 6 heteroatoms. The predicted molar refractivity (Wildman–Crippen MR) is 94.7 cm³/mol. The minimum atomic E-state index is -0.221. The average molecular weight is 345 g/mol. The van der Waals surface area contributed by atoms with Crippen LogP contribution in [0.4, 0.5) is 10.6 Å². The summed E-state index contributed by atoms with van der Waals surface area (Å²) in [5, 5.41) is 5.69. The number of urea groups is 1. The first kappa shape index (κ1) is 16.8. The Morgan fingerprint density at radius 2 is 2.04 bits per heavy atom. The van der Waals surface area contributed by atoms with Crippen LogP contribution in [0.2, 0.25) is 0 Å². The van der Waals surface area contributed by atoms with Crippen LogP contribution in [-0.2, 0) is 9.47 Å². The molecule has 2 saturated heterocycles. The van der Waals surface area contributed by atoms with Crippen molar-refractivity contribution in [2.24, 2.45) is 5.41 Å². The monoisotopic (exact) mass is 345 g/mol. The van der Waals surface area contributed by atoms with Gasteiger partial charge in [0.25, 0.3) is 0 Å². The fourth-order valence-electron chi connectivity index (χ4n) is 3.78. The van der Waals surface area contributed by atoms with Crippen LogP contribution in [0.25, 0.3) is 0 Å². The summed E-state index contributed by atoms with van der Waals surface area (Å²) in [4.78, 5) is 16.4. The van der Waals surface area contributed by atoms with Gasteiger partial charge in [0, 0.05) is 26.0 Å². The van der Waals surface area contributed by atoms with Gasteiger partial charge < -0.3 is 14.8 Å². The van der Waals surface area contributed by atoms with Crippen molar-refractivity contribution in [3.63, 3.8) is 0 Å². The number of nitrogens with zero attached hydrogens (tertiary/aromatic N) is 1. The molecule has 1 unspecified atom stereocenters. The Bertz CT molecular complexity index is 584. The lowest BCUT2D eigenvalue weighted by molar-refractivity contribution is -0.103. The topological polar surface area (TPSA) is 72.5 Å². The summed E-state index contributed by atoms with van der Waals surface area (Å²) in [5.74, 6) is 1.27. The Balaban J connectivity index is 1.18. The Kier molecular flexibility index (Phi) is 4.90. The zero-order valence-electron chi connectivity index (χ0n) is 14.6. The molecular weight excluding hydrogens is 318 g/mol. The van der Waals surface area contributed by atoms with Crippen molar-refractivity contribution in [1.82, 2.24) is 10.3 Å². The summed E-state index contributed by atoms with van der Waals surface area (Å²) >= 11 is 0. The van der Waals surface area contributed by atoms with Gasteiger partial charge in [-0.05, 0) is 61.5 Å². The molecule has 1 aromatic heterocycles. The van der Waals surface area contributed by atoms with Crippen molar-refractivity contribution in [2.45, 2.75) is 50.5 Å². The molecule has 2 aliphatic heterocycles. The number of aromatic nitrogens is 1. The standard InChI is InChI=1S/C19H27N3O3/c23-18(22-17-4-3-15(11-20-17)14-1-2-14)21-12-16-5-6-19(13-25-16)7-9-24-10-8-19/h3-4,11,14,16H,1-2,5-10,12-13H2,(H2,20,21,22,23). The lowest BCUT2D eigenvalue weighted by atomic mass is 9.75. The van der Waals surface area contributed by atoms with Gasteiger partial charge in [-0.3, -0.25) is 5.32 Å². The third-order valence-electron chi connectivity index (χ3n) is 5.74. The summed E-state index contributed by atoms with van der Waals surface area (Å²) < 4.78 is 11.5.